The molecule has 4 heteroatoms. The second-order valence-corrected chi connectivity index (χ2v) is 7.30. The van der Waals surface area contributed by atoms with Crippen LogP contribution in [0.5, 0.6) is 0 Å². The van der Waals surface area contributed by atoms with Gasteiger partial charge in [0.15, 0.2) is 5.13 Å². The van der Waals surface area contributed by atoms with Gasteiger partial charge in [-0.2, -0.15) is 0 Å². The summed E-state index contributed by atoms with van der Waals surface area (Å²) in [5.74, 6) is 0.994. The first-order valence-corrected chi connectivity index (χ1v) is 8.72. The lowest BCUT2D eigenvalue weighted by molar-refractivity contribution is 0.491. The molecule has 0 radical (unpaired) electrons. The standard InChI is InChI=1S/C15H19BrN2S/c16-12-7-8-14-13(10-12)18-15(19-14)17-9-3-6-11-4-1-2-5-11/h7-8,10-11H,1-6,9H2,(H,17,18). The zero-order valence-electron chi connectivity index (χ0n) is 11.0. The van der Waals surface area contributed by atoms with Gasteiger partial charge in [0, 0.05) is 11.0 Å². The number of nitrogens with zero attached hydrogens (tertiary/aromatic N) is 1. The number of anilines is 1. The number of rotatable bonds is 5. The number of benzene rings is 1. The Morgan fingerprint density at radius 3 is 3.00 bits per heavy atom. The molecule has 0 unspecified atom stereocenters. The van der Waals surface area contributed by atoms with E-state index in [4.69, 9.17) is 0 Å². The van der Waals surface area contributed by atoms with Crippen molar-refractivity contribution in [1.82, 2.24) is 4.98 Å². The number of halogens is 1. The third kappa shape index (κ3) is 3.48. The summed E-state index contributed by atoms with van der Waals surface area (Å²) in [5, 5.41) is 4.52. The molecule has 0 aliphatic heterocycles. The van der Waals surface area contributed by atoms with Gasteiger partial charge >= 0.3 is 0 Å². The predicted molar refractivity (Wildman–Crippen MR) is 87.0 cm³/mol. The Kier molecular flexibility index (Phi) is 4.38. The highest BCUT2D eigenvalue weighted by Crippen LogP contribution is 2.30. The van der Waals surface area contributed by atoms with Gasteiger partial charge in [-0.1, -0.05) is 53.0 Å². The molecule has 1 aromatic carbocycles. The predicted octanol–water partition coefficient (Wildman–Crippen LogP) is 5.44. The summed E-state index contributed by atoms with van der Waals surface area (Å²) >= 11 is 5.23. The molecule has 1 aliphatic carbocycles. The van der Waals surface area contributed by atoms with Crippen molar-refractivity contribution in [3.8, 4) is 0 Å². The van der Waals surface area contributed by atoms with Crippen LogP contribution in [0, 0.1) is 5.92 Å². The first-order chi connectivity index (χ1) is 9.31. The summed E-state index contributed by atoms with van der Waals surface area (Å²) in [5.41, 5.74) is 1.08. The van der Waals surface area contributed by atoms with Gasteiger partial charge in [-0.15, -0.1) is 0 Å². The van der Waals surface area contributed by atoms with Crippen molar-refractivity contribution in [3.05, 3.63) is 22.7 Å². The maximum atomic E-state index is 4.62. The Hall–Kier alpha value is -0.610. The van der Waals surface area contributed by atoms with Gasteiger partial charge in [-0.25, -0.2) is 4.98 Å². The summed E-state index contributed by atoms with van der Waals surface area (Å²) in [6.45, 7) is 1.05. The Bertz CT molecular complexity index is 546. The first kappa shape index (κ1) is 13.4. The van der Waals surface area contributed by atoms with Gasteiger partial charge in [0.25, 0.3) is 0 Å². The number of aromatic nitrogens is 1. The van der Waals surface area contributed by atoms with E-state index in [9.17, 15) is 0 Å². The zero-order valence-corrected chi connectivity index (χ0v) is 13.4. The molecule has 1 fully saturated rings. The van der Waals surface area contributed by atoms with Crippen LogP contribution < -0.4 is 5.32 Å². The minimum Gasteiger partial charge on any atom is -0.361 e. The van der Waals surface area contributed by atoms with E-state index in [1.807, 2.05) is 0 Å². The minimum absolute atomic E-state index is 0.994. The van der Waals surface area contributed by atoms with Crippen molar-refractivity contribution in [3.63, 3.8) is 0 Å². The van der Waals surface area contributed by atoms with Crippen LogP contribution in [-0.4, -0.2) is 11.5 Å². The second kappa shape index (κ2) is 6.23. The van der Waals surface area contributed by atoms with Crippen molar-refractivity contribution >= 4 is 42.6 Å². The van der Waals surface area contributed by atoms with E-state index in [0.717, 1.165) is 27.6 Å². The summed E-state index contributed by atoms with van der Waals surface area (Å²) in [4.78, 5) is 4.62. The highest BCUT2D eigenvalue weighted by molar-refractivity contribution is 9.10. The molecule has 0 bridgehead atoms. The summed E-state index contributed by atoms with van der Waals surface area (Å²) in [6.07, 6.45) is 8.45. The largest absolute Gasteiger partial charge is 0.361 e. The van der Waals surface area contributed by atoms with E-state index in [1.54, 1.807) is 11.3 Å². The zero-order chi connectivity index (χ0) is 13.1. The van der Waals surface area contributed by atoms with Crippen LogP contribution in [0.25, 0.3) is 10.2 Å². The fraction of sp³-hybridized carbons (Fsp3) is 0.533. The summed E-state index contributed by atoms with van der Waals surface area (Å²) in [7, 11) is 0. The minimum atomic E-state index is 0.994. The first-order valence-electron chi connectivity index (χ1n) is 7.11. The van der Waals surface area contributed by atoms with E-state index in [2.05, 4.69) is 44.4 Å². The van der Waals surface area contributed by atoms with Crippen LogP contribution in [0.4, 0.5) is 5.13 Å². The Morgan fingerprint density at radius 2 is 2.16 bits per heavy atom. The number of fused-ring (bicyclic) bond motifs is 1. The van der Waals surface area contributed by atoms with Gasteiger partial charge in [0.05, 0.1) is 10.2 Å². The Morgan fingerprint density at radius 1 is 1.32 bits per heavy atom. The van der Waals surface area contributed by atoms with Crippen molar-refractivity contribution in [1.29, 1.82) is 0 Å². The topological polar surface area (TPSA) is 24.9 Å². The number of nitrogens with one attached hydrogen (secondary N) is 1. The van der Waals surface area contributed by atoms with E-state index in [-0.39, 0.29) is 0 Å². The molecular weight excluding hydrogens is 320 g/mol. The summed E-state index contributed by atoms with van der Waals surface area (Å²) < 4.78 is 2.35. The van der Waals surface area contributed by atoms with Crippen LogP contribution in [0.2, 0.25) is 0 Å². The fourth-order valence-corrected chi connectivity index (χ4v) is 4.08. The summed E-state index contributed by atoms with van der Waals surface area (Å²) in [6, 6.07) is 6.28. The molecule has 2 nitrogen and oxygen atoms in total. The van der Waals surface area contributed by atoms with E-state index in [0.29, 0.717) is 0 Å². The van der Waals surface area contributed by atoms with Crippen LogP contribution in [0.15, 0.2) is 22.7 Å². The highest BCUT2D eigenvalue weighted by atomic mass is 79.9. The molecule has 1 heterocycles. The quantitative estimate of drug-likeness (QED) is 0.734. The highest BCUT2D eigenvalue weighted by Gasteiger charge is 2.14. The van der Waals surface area contributed by atoms with E-state index >= 15 is 0 Å². The monoisotopic (exact) mass is 338 g/mol. The lowest BCUT2D eigenvalue weighted by Crippen LogP contribution is -2.03. The lowest BCUT2D eigenvalue weighted by Gasteiger charge is -2.08. The molecule has 2 aromatic rings. The normalized spacial score (nSPS) is 16.3. The van der Waals surface area contributed by atoms with Crippen molar-refractivity contribution in [2.45, 2.75) is 38.5 Å². The third-order valence-corrected chi connectivity index (χ3v) is 5.38. The van der Waals surface area contributed by atoms with Crippen LogP contribution in [0.3, 0.4) is 0 Å². The Labute approximate surface area is 126 Å². The average molecular weight is 339 g/mol. The van der Waals surface area contributed by atoms with Crippen LogP contribution >= 0.6 is 27.3 Å². The maximum Gasteiger partial charge on any atom is 0.183 e. The molecule has 0 spiro atoms. The number of hydrogen-bond acceptors (Lipinski definition) is 3. The average Bonchev–Trinajstić information content (AvgIpc) is 3.02. The fourth-order valence-electron chi connectivity index (χ4n) is 2.86. The molecule has 0 amide bonds. The molecule has 3 rings (SSSR count). The molecule has 0 atom stereocenters. The Balaban J connectivity index is 1.50. The second-order valence-electron chi connectivity index (χ2n) is 5.35. The molecule has 1 saturated carbocycles. The molecule has 0 saturated heterocycles. The van der Waals surface area contributed by atoms with Gasteiger partial charge < -0.3 is 5.32 Å². The van der Waals surface area contributed by atoms with Crippen molar-refractivity contribution in [2.24, 2.45) is 5.92 Å². The van der Waals surface area contributed by atoms with Crippen molar-refractivity contribution < 1.29 is 0 Å². The smallest absolute Gasteiger partial charge is 0.183 e. The van der Waals surface area contributed by atoms with Crippen LogP contribution in [0.1, 0.15) is 38.5 Å². The molecule has 19 heavy (non-hydrogen) atoms. The van der Waals surface area contributed by atoms with E-state index < -0.39 is 0 Å². The van der Waals surface area contributed by atoms with Gasteiger partial charge in [-0.3, -0.25) is 0 Å². The van der Waals surface area contributed by atoms with Crippen molar-refractivity contribution in [2.75, 3.05) is 11.9 Å². The van der Waals surface area contributed by atoms with Gasteiger partial charge in [-0.05, 0) is 37.0 Å². The molecule has 1 aliphatic rings. The number of hydrogen-bond donors (Lipinski definition) is 1. The van der Waals surface area contributed by atoms with Gasteiger partial charge in [0.2, 0.25) is 0 Å². The molecule has 1 N–H and O–H groups in total. The van der Waals surface area contributed by atoms with Crippen LogP contribution in [-0.2, 0) is 0 Å². The third-order valence-electron chi connectivity index (χ3n) is 3.89. The van der Waals surface area contributed by atoms with E-state index in [1.165, 1.54) is 43.2 Å². The number of thiazole rings is 1. The molecule has 1 aromatic heterocycles. The maximum absolute atomic E-state index is 4.62. The lowest BCUT2D eigenvalue weighted by atomic mass is 10.0. The molecular formula is C15H19BrN2S. The van der Waals surface area contributed by atoms with Gasteiger partial charge in [0.1, 0.15) is 0 Å². The SMILES string of the molecule is Brc1ccc2sc(NCCCC3CCCC3)nc2c1. The molecule has 102 valence electrons.